The Balaban J connectivity index is 2.44. The second-order valence-corrected chi connectivity index (χ2v) is 5.52. The van der Waals surface area contributed by atoms with Gasteiger partial charge < -0.3 is 5.11 Å². The molecule has 0 amide bonds. The van der Waals surface area contributed by atoms with E-state index >= 15 is 0 Å². The van der Waals surface area contributed by atoms with Crippen LogP contribution in [-0.4, -0.2) is 29.2 Å². The van der Waals surface area contributed by atoms with Crippen LogP contribution >= 0.6 is 0 Å². The minimum Gasteiger partial charge on any atom is -0.390 e. The Morgan fingerprint density at radius 3 is 2.32 bits per heavy atom. The van der Waals surface area contributed by atoms with Crippen LogP contribution in [0.2, 0.25) is 0 Å². The SMILES string of the molecule is C=C(CN(C)Cc1ccccc1)CC(O)(CC)CC. The van der Waals surface area contributed by atoms with E-state index < -0.39 is 5.60 Å². The average Bonchev–Trinajstić information content (AvgIpc) is 2.39. The molecule has 0 atom stereocenters. The van der Waals surface area contributed by atoms with Gasteiger partial charge in [-0.25, -0.2) is 0 Å². The van der Waals surface area contributed by atoms with Crippen molar-refractivity contribution in [1.82, 2.24) is 4.90 Å². The summed E-state index contributed by atoms with van der Waals surface area (Å²) in [7, 11) is 2.09. The summed E-state index contributed by atoms with van der Waals surface area (Å²) in [6.45, 7) is 9.92. The second kappa shape index (κ2) is 7.46. The molecule has 2 heteroatoms. The molecule has 0 aliphatic rings. The van der Waals surface area contributed by atoms with Gasteiger partial charge in [0.2, 0.25) is 0 Å². The standard InChI is InChI=1S/C17H27NO/c1-5-17(19,6-2)12-15(3)13-18(4)14-16-10-8-7-9-11-16/h7-11,19H,3,5-6,12-14H2,1-2,4H3. The molecule has 0 aromatic heterocycles. The van der Waals surface area contributed by atoms with Crippen molar-refractivity contribution >= 4 is 0 Å². The van der Waals surface area contributed by atoms with E-state index in [1.807, 2.05) is 19.9 Å². The van der Waals surface area contributed by atoms with Crippen molar-refractivity contribution in [2.24, 2.45) is 0 Å². The van der Waals surface area contributed by atoms with E-state index in [2.05, 4.69) is 42.8 Å². The monoisotopic (exact) mass is 261 g/mol. The fourth-order valence-electron chi connectivity index (χ4n) is 2.35. The lowest BCUT2D eigenvalue weighted by molar-refractivity contribution is 0.0313. The predicted octanol–water partition coefficient (Wildman–Crippen LogP) is 3.62. The van der Waals surface area contributed by atoms with Gasteiger partial charge in [0.15, 0.2) is 0 Å². The molecule has 0 heterocycles. The molecule has 0 unspecified atom stereocenters. The number of hydrogen-bond donors (Lipinski definition) is 1. The van der Waals surface area contributed by atoms with Gasteiger partial charge in [-0.1, -0.05) is 56.3 Å². The summed E-state index contributed by atoms with van der Waals surface area (Å²) in [6, 6.07) is 10.4. The minimum absolute atomic E-state index is 0.579. The normalized spacial score (nSPS) is 11.8. The summed E-state index contributed by atoms with van der Waals surface area (Å²) in [6.07, 6.45) is 2.26. The van der Waals surface area contributed by atoms with Gasteiger partial charge in [0.05, 0.1) is 5.60 Å². The van der Waals surface area contributed by atoms with Gasteiger partial charge in [-0.05, 0) is 31.9 Å². The summed E-state index contributed by atoms with van der Waals surface area (Å²) in [5, 5.41) is 10.3. The van der Waals surface area contributed by atoms with Gasteiger partial charge in [0, 0.05) is 13.1 Å². The first-order valence-electron chi connectivity index (χ1n) is 7.10. The van der Waals surface area contributed by atoms with Gasteiger partial charge in [-0.3, -0.25) is 4.90 Å². The molecule has 2 nitrogen and oxygen atoms in total. The summed E-state index contributed by atoms with van der Waals surface area (Å²) in [5.74, 6) is 0. The maximum Gasteiger partial charge on any atom is 0.0679 e. The van der Waals surface area contributed by atoms with E-state index in [-0.39, 0.29) is 0 Å². The maximum atomic E-state index is 10.3. The molecule has 1 rings (SSSR count). The smallest absolute Gasteiger partial charge is 0.0679 e. The molecule has 0 spiro atoms. The van der Waals surface area contributed by atoms with Crippen LogP contribution in [0.3, 0.4) is 0 Å². The van der Waals surface area contributed by atoms with Crippen molar-refractivity contribution in [3.63, 3.8) is 0 Å². The van der Waals surface area contributed by atoms with Crippen molar-refractivity contribution < 1.29 is 5.11 Å². The zero-order chi connectivity index (χ0) is 14.3. The van der Waals surface area contributed by atoms with Crippen LogP contribution in [0.1, 0.15) is 38.7 Å². The summed E-state index contributed by atoms with van der Waals surface area (Å²) >= 11 is 0. The third kappa shape index (κ3) is 5.58. The van der Waals surface area contributed by atoms with E-state index in [0.29, 0.717) is 6.42 Å². The summed E-state index contributed by atoms with van der Waals surface area (Å²) in [5.41, 5.74) is 1.83. The first-order chi connectivity index (χ1) is 8.99. The Labute approximate surface area is 117 Å². The molecular formula is C17H27NO. The van der Waals surface area contributed by atoms with Crippen LogP contribution in [0.25, 0.3) is 0 Å². The molecule has 106 valence electrons. The molecule has 1 aromatic rings. The first-order valence-corrected chi connectivity index (χ1v) is 7.10. The molecule has 1 aromatic carbocycles. The highest BCUT2D eigenvalue weighted by molar-refractivity contribution is 5.15. The van der Waals surface area contributed by atoms with Crippen LogP contribution < -0.4 is 0 Å². The van der Waals surface area contributed by atoms with E-state index in [1.165, 1.54) is 5.56 Å². The number of rotatable bonds is 8. The second-order valence-electron chi connectivity index (χ2n) is 5.52. The molecule has 0 saturated carbocycles. The number of nitrogens with zero attached hydrogens (tertiary/aromatic N) is 1. The largest absolute Gasteiger partial charge is 0.390 e. The van der Waals surface area contributed by atoms with E-state index in [1.54, 1.807) is 0 Å². The Hall–Kier alpha value is -1.12. The van der Waals surface area contributed by atoms with E-state index in [0.717, 1.165) is 31.5 Å². The van der Waals surface area contributed by atoms with E-state index in [9.17, 15) is 5.11 Å². The molecule has 0 aliphatic heterocycles. The lowest BCUT2D eigenvalue weighted by Crippen LogP contribution is -2.30. The number of hydrogen-bond acceptors (Lipinski definition) is 2. The number of likely N-dealkylation sites (N-methyl/N-ethyl adjacent to an activating group) is 1. The first kappa shape index (κ1) is 15.9. The number of benzene rings is 1. The highest BCUT2D eigenvalue weighted by Crippen LogP contribution is 2.23. The van der Waals surface area contributed by atoms with Crippen molar-refractivity contribution in [2.75, 3.05) is 13.6 Å². The molecule has 1 N–H and O–H groups in total. The van der Waals surface area contributed by atoms with Crippen LogP contribution in [0.5, 0.6) is 0 Å². The fraction of sp³-hybridized carbons (Fsp3) is 0.529. The van der Waals surface area contributed by atoms with Gasteiger partial charge in [0.25, 0.3) is 0 Å². The summed E-state index contributed by atoms with van der Waals surface area (Å²) < 4.78 is 0. The van der Waals surface area contributed by atoms with Gasteiger partial charge in [-0.2, -0.15) is 0 Å². The van der Waals surface area contributed by atoms with Gasteiger partial charge in [0.1, 0.15) is 0 Å². The highest BCUT2D eigenvalue weighted by atomic mass is 16.3. The maximum absolute atomic E-state index is 10.3. The van der Waals surface area contributed by atoms with Crippen molar-refractivity contribution in [3.05, 3.63) is 48.0 Å². The zero-order valence-electron chi connectivity index (χ0n) is 12.5. The lowest BCUT2D eigenvalue weighted by Gasteiger charge is -2.28. The lowest BCUT2D eigenvalue weighted by atomic mass is 9.90. The van der Waals surface area contributed by atoms with Crippen molar-refractivity contribution in [2.45, 2.75) is 45.3 Å². The predicted molar refractivity (Wildman–Crippen MR) is 82.1 cm³/mol. The Morgan fingerprint density at radius 2 is 1.79 bits per heavy atom. The molecule has 0 radical (unpaired) electrons. The van der Waals surface area contributed by atoms with Crippen LogP contribution in [0.4, 0.5) is 0 Å². The quantitative estimate of drug-likeness (QED) is 0.723. The van der Waals surface area contributed by atoms with Crippen LogP contribution in [-0.2, 0) is 6.54 Å². The Kier molecular flexibility index (Phi) is 6.26. The van der Waals surface area contributed by atoms with Crippen molar-refractivity contribution in [1.29, 1.82) is 0 Å². The third-order valence-corrected chi connectivity index (χ3v) is 3.68. The fourth-order valence-corrected chi connectivity index (χ4v) is 2.35. The molecule has 0 fully saturated rings. The van der Waals surface area contributed by atoms with E-state index in [4.69, 9.17) is 0 Å². The average molecular weight is 261 g/mol. The highest BCUT2D eigenvalue weighted by Gasteiger charge is 2.23. The molecular weight excluding hydrogens is 234 g/mol. The number of aliphatic hydroxyl groups is 1. The van der Waals surface area contributed by atoms with Crippen LogP contribution in [0.15, 0.2) is 42.5 Å². The Bertz CT molecular complexity index is 382. The molecule has 0 aliphatic carbocycles. The topological polar surface area (TPSA) is 23.5 Å². The third-order valence-electron chi connectivity index (χ3n) is 3.68. The van der Waals surface area contributed by atoms with Gasteiger partial charge in [-0.15, -0.1) is 0 Å². The van der Waals surface area contributed by atoms with Crippen LogP contribution in [0, 0.1) is 0 Å². The minimum atomic E-state index is -0.579. The molecule has 19 heavy (non-hydrogen) atoms. The van der Waals surface area contributed by atoms with Crippen molar-refractivity contribution in [3.8, 4) is 0 Å². The van der Waals surface area contributed by atoms with Gasteiger partial charge >= 0.3 is 0 Å². The Morgan fingerprint density at radius 1 is 1.21 bits per heavy atom. The summed E-state index contributed by atoms with van der Waals surface area (Å²) in [4.78, 5) is 2.24. The molecule has 0 bridgehead atoms. The molecule has 0 saturated heterocycles. The zero-order valence-corrected chi connectivity index (χ0v) is 12.5.